The van der Waals surface area contributed by atoms with Crippen LogP contribution in [0.15, 0.2) is 42.5 Å². The van der Waals surface area contributed by atoms with Crippen molar-refractivity contribution in [1.29, 1.82) is 0 Å². The second-order valence-electron chi connectivity index (χ2n) is 5.80. The molecule has 0 aromatic heterocycles. The van der Waals surface area contributed by atoms with Crippen molar-refractivity contribution in [2.75, 3.05) is 14.2 Å². The number of amides is 1. The molecule has 0 bridgehead atoms. The largest absolute Gasteiger partial charge is 0.493 e. The van der Waals surface area contributed by atoms with E-state index in [2.05, 4.69) is 0 Å². The number of benzene rings is 2. The Balaban J connectivity index is 2.02. The van der Waals surface area contributed by atoms with Gasteiger partial charge >= 0.3 is 5.97 Å². The number of rotatable bonds is 4. The van der Waals surface area contributed by atoms with Gasteiger partial charge in [0.2, 0.25) is 0 Å². The van der Waals surface area contributed by atoms with Gasteiger partial charge in [-0.1, -0.05) is 30.3 Å². The first-order chi connectivity index (χ1) is 12.1. The summed E-state index contributed by atoms with van der Waals surface area (Å²) in [6, 6.07) is 11.6. The second-order valence-corrected chi connectivity index (χ2v) is 5.80. The third-order valence-corrected chi connectivity index (χ3v) is 4.43. The fourth-order valence-corrected chi connectivity index (χ4v) is 3.17. The quantitative estimate of drug-likeness (QED) is 0.924. The Labute approximate surface area is 145 Å². The van der Waals surface area contributed by atoms with Gasteiger partial charge in [0.1, 0.15) is 6.04 Å². The summed E-state index contributed by atoms with van der Waals surface area (Å²) in [5.74, 6) is -0.682. The summed E-state index contributed by atoms with van der Waals surface area (Å²) in [6.07, 6.45) is 0.281. The number of carbonyl (C=O) groups excluding carboxylic acids is 1. The van der Waals surface area contributed by atoms with E-state index in [4.69, 9.17) is 9.47 Å². The van der Waals surface area contributed by atoms with Crippen LogP contribution in [0.4, 0.5) is 0 Å². The van der Waals surface area contributed by atoms with Gasteiger partial charge in [-0.15, -0.1) is 0 Å². The Bertz CT molecular complexity index is 817. The fourth-order valence-electron chi connectivity index (χ4n) is 3.17. The molecule has 2 aromatic rings. The van der Waals surface area contributed by atoms with E-state index in [1.54, 1.807) is 18.2 Å². The van der Waals surface area contributed by atoms with E-state index >= 15 is 0 Å². The number of nitrogens with zero attached hydrogens (tertiary/aromatic N) is 1. The van der Waals surface area contributed by atoms with Gasteiger partial charge in [0.25, 0.3) is 5.91 Å². The maximum atomic E-state index is 13.1. The molecule has 1 N–H and O–H groups in total. The van der Waals surface area contributed by atoms with Crippen molar-refractivity contribution in [2.24, 2.45) is 0 Å². The molecular weight excluding hydrogens is 322 g/mol. The van der Waals surface area contributed by atoms with E-state index in [1.165, 1.54) is 19.1 Å². The summed E-state index contributed by atoms with van der Waals surface area (Å²) < 4.78 is 10.6. The molecule has 6 nitrogen and oxygen atoms in total. The molecule has 0 saturated heterocycles. The summed E-state index contributed by atoms with van der Waals surface area (Å²) in [7, 11) is 2.94. The highest BCUT2D eigenvalue weighted by Crippen LogP contribution is 2.33. The molecule has 1 amide bonds. The Hall–Kier alpha value is -3.02. The predicted octanol–water partition coefficient (Wildman–Crippen LogP) is 2.36. The van der Waals surface area contributed by atoms with Crippen LogP contribution in [0.2, 0.25) is 0 Å². The first kappa shape index (κ1) is 16.8. The molecule has 1 atom stereocenters. The number of carbonyl (C=O) groups is 2. The van der Waals surface area contributed by atoms with Crippen LogP contribution in [0, 0.1) is 0 Å². The third kappa shape index (κ3) is 3.03. The molecule has 2 aromatic carbocycles. The van der Waals surface area contributed by atoms with Gasteiger partial charge in [-0.2, -0.15) is 0 Å². The zero-order valence-corrected chi connectivity index (χ0v) is 14.1. The maximum absolute atomic E-state index is 13.1. The van der Waals surface area contributed by atoms with Gasteiger partial charge in [0.15, 0.2) is 11.5 Å². The van der Waals surface area contributed by atoms with Crippen LogP contribution >= 0.6 is 0 Å². The molecule has 0 unspecified atom stereocenters. The SMILES string of the molecule is COc1cccc(C(=O)N2Cc3ccccc3C[C@@H]2C(=O)O)c1OC. The summed E-state index contributed by atoms with van der Waals surface area (Å²) >= 11 is 0. The summed E-state index contributed by atoms with van der Waals surface area (Å²) in [5.41, 5.74) is 2.19. The monoisotopic (exact) mass is 341 g/mol. The lowest BCUT2D eigenvalue weighted by molar-refractivity contribution is -0.142. The molecule has 6 heteroatoms. The molecule has 0 fully saturated rings. The normalized spacial score (nSPS) is 16.1. The number of hydrogen-bond acceptors (Lipinski definition) is 4. The molecule has 25 heavy (non-hydrogen) atoms. The molecule has 1 heterocycles. The molecule has 1 aliphatic rings. The van der Waals surface area contributed by atoms with Crippen LogP contribution in [-0.2, 0) is 17.8 Å². The molecule has 1 aliphatic heterocycles. The lowest BCUT2D eigenvalue weighted by Crippen LogP contribution is -2.48. The van der Waals surface area contributed by atoms with E-state index in [0.29, 0.717) is 11.5 Å². The number of hydrogen-bond donors (Lipinski definition) is 1. The highest BCUT2D eigenvalue weighted by Gasteiger charge is 2.36. The van der Waals surface area contributed by atoms with Crippen molar-refractivity contribution in [3.05, 3.63) is 59.2 Å². The average Bonchev–Trinajstić information content (AvgIpc) is 2.65. The zero-order valence-electron chi connectivity index (χ0n) is 14.1. The average molecular weight is 341 g/mol. The van der Waals surface area contributed by atoms with Gasteiger partial charge in [-0.05, 0) is 23.3 Å². The van der Waals surface area contributed by atoms with Crippen LogP contribution in [0.5, 0.6) is 11.5 Å². The van der Waals surface area contributed by atoms with Crippen molar-refractivity contribution in [3.8, 4) is 11.5 Å². The first-order valence-electron chi connectivity index (χ1n) is 7.88. The minimum absolute atomic E-state index is 0.242. The fraction of sp³-hybridized carbons (Fsp3) is 0.263. The second kappa shape index (κ2) is 6.84. The predicted molar refractivity (Wildman–Crippen MR) is 91.0 cm³/mol. The minimum Gasteiger partial charge on any atom is -0.493 e. The van der Waals surface area contributed by atoms with Crippen LogP contribution in [0.25, 0.3) is 0 Å². The molecule has 130 valence electrons. The number of ether oxygens (including phenoxy) is 2. The number of aliphatic carboxylic acids is 1. The lowest BCUT2D eigenvalue weighted by Gasteiger charge is -2.34. The molecular formula is C19H19NO5. The van der Waals surface area contributed by atoms with E-state index in [0.717, 1.165) is 11.1 Å². The van der Waals surface area contributed by atoms with Gasteiger partial charge in [0, 0.05) is 13.0 Å². The first-order valence-corrected chi connectivity index (χ1v) is 7.88. The van der Waals surface area contributed by atoms with Crippen LogP contribution < -0.4 is 9.47 Å². The van der Waals surface area contributed by atoms with Crippen molar-refractivity contribution in [2.45, 2.75) is 19.0 Å². The molecule has 0 spiro atoms. The van der Waals surface area contributed by atoms with Crippen molar-refractivity contribution in [1.82, 2.24) is 4.90 Å². The Morgan fingerprint density at radius 2 is 1.76 bits per heavy atom. The van der Waals surface area contributed by atoms with Crippen LogP contribution in [-0.4, -0.2) is 42.1 Å². The molecule has 0 radical (unpaired) electrons. The summed E-state index contributed by atoms with van der Waals surface area (Å²) in [6.45, 7) is 0.242. The molecule has 0 saturated carbocycles. The number of para-hydroxylation sites is 1. The number of methoxy groups -OCH3 is 2. The Morgan fingerprint density at radius 1 is 1.04 bits per heavy atom. The third-order valence-electron chi connectivity index (χ3n) is 4.43. The zero-order chi connectivity index (χ0) is 18.0. The maximum Gasteiger partial charge on any atom is 0.326 e. The van der Waals surface area contributed by atoms with E-state index in [-0.39, 0.29) is 18.5 Å². The molecule has 3 rings (SSSR count). The highest BCUT2D eigenvalue weighted by atomic mass is 16.5. The van der Waals surface area contributed by atoms with Crippen molar-refractivity contribution in [3.63, 3.8) is 0 Å². The Kier molecular flexibility index (Phi) is 4.61. The topological polar surface area (TPSA) is 76.1 Å². The van der Waals surface area contributed by atoms with Gasteiger partial charge < -0.3 is 19.5 Å². The van der Waals surface area contributed by atoms with Gasteiger partial charge in [-0.3, -0.25) is 4.79 Å². The highest BCUT2D eigenvalue weighted by molar-refractivity contribution is 6.00. The van der Waals surface area contributed by atoms with Crippen molar-refractivity contribution >= 4 is 11.9 Å². The van der Waals surface area contributed by atoms with Gasteiger partial charge in [-0.25, -0.2) is 4.79 Å². The van der Waals surface area contributed by atoms with E-state index in [1.807, 2.05) is 24.3 Å². The van der Waals surface area contributed by atoms with E-state index < -0.39 is 17.9 Å². The van der Waals surface area contributed by atoms with Crippen LogP contribution in [0.3, 0.4) is 0 Å². The lowest BCUT2D eigenvalue weighted by atomic mass is 9.93. The standard InChI is InChI=1S/C19H19NO5/c1-24-16-9-5-8-14(17(16)25-2)18(21)20-11-13-7-4-3-6-12(13)10-15(20)19(22)23/h3-9,15H,10-11H2,1-2H3,(H,22,23)/t15-/m1/s1. The van der Waals surface area contributed by atoms with Gasteiger partial charge in [0.05, 0.1) is 19.8 Å². The summed E-state index contributed by atoms with van der Waals surface area (Å²) in [4.78, 5) is 26.2. The summed E-state index contributed by atoms with van der Waals surface area (Å²) in [5, 5.41) is 9.61. The Morgan fingerprint density at radius 3 is 2.40 bits per heavy atom. The van der Waals surface area contributed by atoms with E-state index in [9.17, 15) is 14.7 Å². The number of carboxylic acids is 1. The number of carboxylic acid groups (broad SMARTS) is 1. The van der Waals surface area contributed by atoms with Crippen molar-refractivity contribution < 1.29 is 24.2 Å². The molecule has 0 aliphatic carbocycles. The smallest absolute Gasteiger partial charge is 0.326 e. The number of fused-ring (bicyclic) bond motifs is 1. The van der Waals surface area contributed by atoms with Crippen LogP contribution in [0.1, 0.15) is 21.5 Å². The minimum atomic E-state index is -1.02.